The maximum atomic E-state index is 11.9. The largest absolute Gasteiger partial charge is 0.468 e. The molecule has 114 valence electrons. The van der Waals surface area contributed by atoms with Gasteiger partial charge >= 0.3 is 5.97 Å². The third-order valence-corrected chi connectivity index (χ3v) is 3.43. The van der Waals surface area contributed by atoms with E-state index in [2.05, 4.69) is 15.8 Å². The Morgan fingerprint density at radius 2 is 2.29 bits per heavy atom. The molecule has 1 saturated heterocycles. The fraction of sp³-hybridized carbons (Fsp3) is 0.500. The molecule has 1 fully saturated rings. The molecule has 1 amide bonds. The number of aromatic nitrogens is 1. The Morgan fingerprint density at radius 1 is 1.43 bits per heavy atom. The van der Waals surface area contributed by atoms with Crippen molar-refractivity contribution in [3.05, 3.63) is 24.4 Å². The molecule has 0 aromatic carbocycles. The molecule has 0 unspecified atom stereocenters. The lowest BCUT2D eigenvalue weighted by atomic mass is 10.0. The molecule has 1 atom stereocenters. The number of hydrazine groups is 1. The molecule has 1 aliphatic heterocycles. The van der Waals surface area contributed by atoms with Crippen LogP contribution >= 0.6 is 0 Å². The van der Waals surface area contributed by atoms with Gasteiger partial charge in [-0.05, 0) is 31.5 Å². The molecule has 2 N–H and O–H groups in total. The predicted octanol–water partition coefficient (Wildman–Crippen LogP) is 0.552. The van der Waals surface area contributed by atoms with E-state index < -0.39 is 0 Å². The number of amides is 1. The molecule has 2 rings (SSSR count). The lowest BCUT2D eigenvalue weighted by Gasteiger charge is -2.32. The van der Waals surface area contributed by atoms with E-state index >= 15 is 0 Å². The second kappa shape index (κ2) is 7.58. The minimum atomic E-state index is -0.329. The molecule has 7 nitrogen and oxygen atoms in total. The number of hydrogen-bond donors (Lipinski definition) is 2. The summed E-state index contributed by atoms with van der Waals surface area (Å²) < 4.78 is 4.79. The average Bonchev–Trinajstić information content (AvgIpc) is 2.54. The van der Waals surface area contributed by atoms with Crippen molar-refractivity contribution in [2.24, 2.45) is 0 Å². The maximum Gasteiger partial charge on any atom is 0.323 e. The summed E-state index contributed by atoms with van der Waals surface area (Å²) in [6, 6.07) is 5.03. The Bertz CT molecular complexity index is 480. The number of carbonyl (C=O) groups is 2. The van der Waals surface area contributed by atoms with Gasteiger partial charge in [0.15, 0.2) is 0 Å². The zero-order valence-corrected chi connectivity index (χ0v) is 12.0. The fourth-order valence-corrected chi connectivity index (χ4v) is 2.38. The smallest absolute Gasteiger partial charge is 0.323 e. The second-order valence-electron chi connectivity index (χ2n) is 4.89. The summed E-state index contributed by atoms with van der Waals surface area (Å²) in [4.78, 5) is 29.6. The number of nitrogens with one attached hydrogen (secondary N) is 2. The van der Waals surface area contributed by atoms with Crippen LogP contribution in [-0.4, -0.2) is 48.0 Å². The highest BCUT2D eigenvalue weighted by Gasteiger charge is 2.30. The van der Waals surface area contributed by atoms with Gasteiger partial charge in [-0.1, -0.05) is 12.5 Å². The van der Waals surface area contributed by atoms with Crippen LogP contribution in [0.4, 0.5) is 5.82 Å². The molecular weight excluding hydrogens is 272 g/mol. The number of esters is 1. The van der Waals surface area contributed by atoms with Gasteiger partial charge in [0, 0.05) is 6.20 Å². The van der Waals surface area contributed by atoms with Crippen LogP contribution in [0, 0.1) is 0 Å². The number of likely N-dealkylation sites (tertiary alicyclic amines) is 1. The van der Waals surface area contributed by atoms with Crippen LogP contribution in [0.2, 0.25) is 0 Å². The number of methoxy groups -OCH3 is 1. The van der Waals surface area contributed by atoms with E-state index in [9.17, 15) is 9.59 Å². The number of nitrogens with zero attached hydrogens (tertiary/aromatic N) is 2. The highest BCUT2D eigenvalue weighted by molar-refractivity contribution is 5.81. The lowest BCUT2D eigenvalue weighted by Crippen LogP contribution is -2.50. The quantitative estimate of drug-likeness (QED) is 0.609. The first-order valence-electron chi connectivity index (χ1n) is 6.98. The molecular formula is C14H20N4O3. The van der Waals surface area contributed by atoms with E-state index in [0.717, 1.165) is 25.8 Å². The van der Waals surface area contributed by atoms with Crippen LogP contribution in [0.1, 0.15) is 19.3 Å². The number of piperidine rings is 1. The Hall–Kier alpha value is -2.15. The fourth-order valence-electron chi connectivity index (χ4n) is 2.38. The molecule has 1 aromatic heterocycles. The minimum Gasteiger partial charge on any atom is -0.468 e. The molecule has 1 aromatic rings. The molecule has 1 aliphatic rings. The Balaban J connectivity index is 1.84. The summed E-state index contributed by atoms with van der Waals surface area (Å²) in [6.45, 7) is 0.871. The standard InChI is InChI=1S/C14H20N4O3/c1-21-14(20)11-6-3-5-9-18(11)10-13(19)17-16-12-7-2-4-8-15-12/h2,4,7-8,11H,3,5-6,9-10H2,1H3,(H,15,16)(H,17,19)/t11-/m1/s1. The lowest BCUT2D eigenvalue weighted by molar-refractivity contribution is -0.148. The molecule has 0 radical (unpaired) electrons. The van der Waals surface area contributed by atoms with E-state index in [0.29, 0.717) is 5.82 Å². The summed E-state index contributed by atoms with van der Waals surface area (Å²) in [5.74, 6) is 0.0747. The van der Waals surface area contributed by atoms with Crippen molar-refractivity contribution in [2.75, 3.05) is 25.6 Å². The first kappa shape index (κ1) is 15.2. The van der Waals surface area contributed by atoms with Gasteiger partial charge in [-0.2, -0.15) is 0 Å². The van der Waals surface area contributed by atoms with Gasteiger partial charge in [-0.25, -0.2) is 4.98 Å². The van der Waals surface area contributed by atoms with Gasteiger partial charge in [-0.15, -0.1) is 0 Å². The number of hydrogen-bond acceptors (Lipinski definition) is 6. The Labute approximate surface area is 123 Å². The highest BCUT2D eigenvalue weighted by atomic mass is 16.5. The summed E-state index contributed by atoms with van der Waals surface area (Å²) in [6.07, 6.45) is 4.32. The van der Waals surface area contributed by atoms with Crippen LogP contribution in [0.5, 0.6) is 0 Å². The van der Waals surface area contributed by atoms with Crippen molar-refractivity contribution in [3.8, 4) is 0 Å². The molecule has 7 heteroatoms. The summed E-state index contributed by atoms with van der Waals surface area (Å²) in [5, 5.41) is 0. The van der Waals surface area contributed by atoms with Crippen LogP contribution < -0.4 is 10.9 Å². The normalized spacial score (nSPS) is 18.8. The van der Waals surface area contributed by atoms with E-state index in [-0.39, 0.29) is 24.5 Å². The molecule has 2 heterocycles. The topological polar surface area (TPSA) is 83.6 Å². The molecule has 21 heavy (non-hydrogen) atoms. The van der Waals surface area contributed by atoms with Gasteiger partial charge in [-0.3, -0.25) is 25.3 Å². The Kier molecular flexibility index (Phi) is 5.51. The zero-order chi connectivity index (χ0) is 15.1. The van der Waals surface area contributed by atoms with Crippen molar-refractivity contribution < 1.29 is 14.3 Å². The molecule has 0 spiro atoms. The van der Waals surface area contributed by atoms with Crippen LogP contribution in [-0.2, 0) is 14.3 Å². The monoisotopic (exact) mass is 292 g/mol. The van der Waals surface area contributed by atoms with E-state index in [1.807, 2.05) is 11.0 Å². The van der Waals surface area contributed by atoms with Crippen LogP contribution in [0.3, 0.4) is 0 Å². The van der Waals surface area contributed by atoms with Crippen LogP contribution in [0.15, 0.2) is 24.4 Å². The highest BCUT2D eigenvalue weighted by Crippen LogP contribution is 2.17. The van der Waals surface area contributed by atoms with Crippen molar-refractivity contribution in [1.82, 2.24) is 15.3 Å². The van der Waals surface area contributed by atoms with E-state index in [1.165, 1.54) is 7.11 Å². The third kappa shape index (κ3) is 4.42. The number of ether oxygens (including phenoxy) is 1. The van der Waals surface area contributed by atoms with E-state index in [1.54, 1.807) is 18.3 Å². The van der Waals surface area contributed by atoms with Gasteiger partial charge < -0.3 is 4.74 Å². The first-order chi connectivity index (χ1) is 10.2. The predicted molar refractivity (Wildman–Crippen MR) is 77.2 cm³/mol. The number of anilines is 1. The average molecular weight is 292 g/mol. The molecule has 0 saturated carbocycles. The van der Waals surface area contributed by atoms with Gasteiger partial charge in [0.1, 0.15) is 11.9 Å². The Morgan fingerprint density at radius 3 is 3.00 bits per heavy atom. The summed E-state index contributed by atoms with van der Waals surface area (Å²) in [5.41, 5.74) is 5.32. The van der Waals surface area contributed by atoms with Crippen molar-refractivity contribution in [3.63, 3.8) is 0 Å². The van der Waals surface area contributed by atoms with Gasteiger partial charge in [0.25, 0.3) is 5.91 Å². The number of carbonyl (C=O) groups excluding carboxylic acids is 2. The summed E-state index contributed by atoms with van der Waals surface area (Å²) in [7, 11) is 1.37. The number of pyridine rings is 1. The van der Waals surface area contributed by atoms with Crippen molar-refractivity contribution >= 4 is 17.7 Å². The zero-order valence-electron chi connectivity index (χ0n) is 12.0. The minimum absolute atomic E-state index is 0.152. The van der Waals surface area contributed by atoms with Gasteiger partial charge in [0.2, 0.25) is 0 Å². The van der Waals surface area contributed by atoms with Crippen molar-refractivity contribution in [2.45, 2.75) is 25.3 Å². The first-order valence-corrected chi connectivity index (χ1v) is 6.98. The van der Waals surface area contributed by atoms with Crippen LogP contribution in [0.25, 0.3) is 0 Å². The number of rotatable bonds is 5. The SMILES string of the molecule is COC(=O)[C@H]1CCCCN1CC(=O)NNc1ccccn1. The van der Waals surface area contributed by atoms with E-state index in [4.69, 9.17) is 4.74 Å². The van der Waals surface area contributed by atoms with Crippen molar-refractivity contribution in [1.29, 1.82) is 0 Å². The second-order valence-corrected chi connectivity index (χ2v) is 4.89. The maximum absolute atomic E-state index is 11.9. The molecule has 0 bridgehead atoms. The molecule has 0 aliphatic carbocycles. The van der Waals surface area contributed by atoms with Gasteiger partial charge in [0.05, 0.1) is 13.7 Å². The third-order valence-electron chi connectivity index (χ3n) is 3.43. The summed E-state index contributed by atoms with van der Waals surface area (Å²) >= 11 is 0.